The van der Waals surface area contributed by atoms with Crippen molar-refractivity contribution in [3.63, 3.8) is 0 Å². The minimum absolute atomic E-state index is 0.0736. The molecule has 0 unspecified atom stereocenters. The van der Waals surface area contributed by atoms with E-state index in [-0.39, 0.29) is 5.69 Å². The average Bonchev–Trinajstić information content (AvgIpc) is 2.88. The smallest absolute Gasteiger partial charge is 0.271 e. The molecule has 0 aliphatic rings. The largest absolute Gasteiger partial charge is 0.492 e. The molecule has 2 aromatic rings. The molecule has 7 nitrogen and oxygen atoms in total. The second kappa shape index (κ2) is 5.91. The van der Waals surface area contributed by atoms with Crippen molar-refractivity contribution in [2.45, 2.75) is 6.92 Å². The van der Waals surface area contributed by atoms with E-state index in [0.717, 1.165) is 0 Å². The first kappa shape index (κ1) is 14.3. The maximum Gasteiger partial charge on any atom is 0.271 e. The van der Waals surface area contributed by atoms with Gasteiger partial charge in [-0.05, 0) is 35.0 Å². The van der Waals surface area contributed by atoms with Crippen molar-refractivity contribution in [2.24, 2.45) is 5.73 Å². The van der Waals surface area contributed by atoms with Crippen LogP contribution in [-0.4, -0.2) is 35.0 Å². The van der Waals surface area contributed by atoms with Gasteiger partial charge in [-0.1, -0.05) is 0 Å². The second-order valence-corrected chi connectivity index (χ2v) is 4.66. The second-order valence-electron chi connectivity index (χ2n) is 3.81. The van der Waals surface area contributed by atoms with Gasteiger partial charge >= 0.3 is 0 Å². The van der Waals surface area contributed by atoms with Gasteiger partial charge in [-0.15, -0.1) is 0 Å². The summed E-state index contributed by atoms with van der Waals surface area (Å²) in [7, 11) is 1.55. The van der Waals surface area contributed by atoms with E-state index in [2.05, 4.69) is 31.3 Å². The summed E-state index contributed by atoms with van der Waals surface area (Å²) in [4.78, 5) is 11.3. The third-order valence-corrected chi connectivity index (χ3v) is 3.16. The summed E-state index contributed by atoms with van der Waals surface area (Å²) in [5.41, 5.74) is 6.34. The molecule has 0 saturated heterocycles. The molecule has 3 N–H and O–H groups in total. The van der Waals surface area contributed by atoms with Gasteiger partial charge in [0.25, 0.3) is 5.91 Å². The summed E-state index contributed by atoms with van der Waals surface area (Å²) in [5, 5.41) is 10.1. The maximum absolute atomic E-state index is 11.3. The van der Waals surface area contributed by atoms with Crippen LogP contribution in [0.25, 0.3) is 11.3 Å². The number of halogens is 1. The number of H-pyrrole nitrogens is 1. The Bertz CT molecular complexity index is 642. The van der Waals surface area contributed by atoms with Crippen LogP contribution >= 0.6 is 15.9 Å². The van der Waals surface area contributed by atoms with Crippen LogP contribution < -0.4 is 15.2 Å². The van der Waals surface area contributed by atoms with Crippen molar-refractivity contribution in [1.82, 2.24) is 15.4 Å². The van der Waals surface area contributed by atoms with Crippen LogP contribution in [0.15, 0.2) is 16.6 Å². The molecular formula is C12H13BrN4O3. The molecule has 106 valence electrons. The molecule has 1 amide bonds. The number of nitrogens with one attached hydrogen (secondary N) is 1. The predicted molar refractivity (Wildman–Crippen MR) is 75.8 cm³/mol. The van der Waals surface area contributed by atoms with Crippen molar-refractivity contribution >= 4 is 21.8 Å². The van der Waals surface area contributed by atoms with Gasteiger partial charge in [-0.2, -0.15) is 15.4 Å². The van der Waals surface area contributed by atoms with Gasteiger partial charge < -0.3 is 15.2 Å². The number of hydrogen-bond donors (Lipinski definition) is 2. The zero-order valence-electron chi connectivity index (χ0n) is 10.9. The fourth-order valence-corrected chi connectivity index (χ4v) is 2.37. The van der Waals surface area contributed by atoms with Crippen LogP contribution in [0.5, 0.6) is 11.5 Å². The summed E-state index contributed by atoms with van der Waals surface area (Å²) < 4.78 is 11.5. The van der Waals surface area contributed by atoms with Gasteiger partial charge in [0, 0.05) is 5.56 Å². The fourth-order valence-electron chi connectivity index (χ4n) is 1.77. The van der Waals surface area contributed by atoms with Crippen LogP contribution in [0.3, 0.4) is 0 Å². The molecule has 0 aliphatic carbocycles. The third-order valence-electron chi connectivity index (χ3n) is 2.57. The van der Waals surface area contributed by atoms with E-state index < -0.39 is 5.91 Å². The first-order chi connectivity index (χ1) is 9.58. The molecule has 1 aromatic carbocycles. The summed E-state index contributed by atoms with van der Waals surface area (Å²) in [6.07, 6.45) is 0. The van der Waals surface area contributed by atoms with Crippen molar-refractivity contribution in [2.75, 3.05) is 13.7 Å². The van der Waals surface area contributed by atoms with E-state index in [9.17, 15) is 4.79 Å². The lowest BCUT2D eigenvalue weighted by atomic mass is 10.1. The van der Waals surface area contributed by atoms with Gasteiger partial charge in [-0.3, -0.25) is 4.79 Å². The summed E-state index contributed by atoms with van der Waals surface area (Å²) in [6, 6.07) is 3.48. The summed E-state index contributed by atoms with van der Waals surface area (Å²) in [6.45, 7) is 2.35. The third kappa shape index (κ3) is 2.60. The van der Waals surface area contributed by atoms with Crippen LogP contribution in [0, 0.1) is 0 Å². The van der Waals surface area contributed by atoms with Crippen LogP contribution in [0.4, 0.5) is 0 Å². The highest BCUT2D eigenvalue weighted by atomic mass is 79.9. The number of primary amides is 1. The number of aromatic amines is 1. The topological polar surface area (TPSA) is 103 Å². The highest BCUT2D eigenvalue weighted by Gasteiger charge is 2.19. The quantitative estimate of drug-likeness (QED) is 0.862. The first-order valence-corrected chi connectivity index (χ1v) is 6.59. The van der Waals surface area contributed by atoms with E-state index in [4.69, 9.17) is 15.2 Å². The normalized spacial score (nSPS) is 10.3. The van der Waals surface area contributed by atoms with Gasteiger partial charge in [0.15, 0.2) is 17.2 Å². The number of carbonyl (C=O) groups is 1. The lowest BCUT2D eigenvalue weighted by Crippen LogP contribution is -2.12. The number of methoxy groups -OCH3 is 1. The van der Waals surface area contributed by atoms with E-state index in [1.54, 1.807) is 19.2 Å². The maximum atomic E-state index is 11.3. The Labute approximate surface area is 123 Å². The molecule has 8 heteroatoms. The highest BCUT2D eigenvalue weighted by molar-refractivity contribution is 9.10. The number of benzene rings is 1. The summed E-state index contributed by atoms with van der Waals surface area (Å²) in [5.74, 6) is 0.455. The Kier molecular flexibility index (Phi) is 4.23. The number of rotatable bonds is 5. The van der Waals surface area contributed by atoms with Crippen molar-refractivity contribution in [3.8, 4) is 22.8 Å². The first-order valence-electron chi connectivity index (χ1n) is 5.79. The molecule has 0 atom stereocenters. The number of ether oxygens (including phenoxy) is 2. The number of aromatic nitrogens is 3. The minimum atomic E-state index is -0.654. The van der Waals surface area contributed by atoms with E-state index in [1.807, 2.05) is 6.92 Å². The van der Waals surface area contributed by atoms with Crippen LogP contribution in [-0.2, 0) is 0 Å². The standard InChI is InChI=1S/C12H13BrN4O3/c1-3-20-8-5-6(4-7(13)11(8)19-2)9-10(12(14)18)16-17-15-9/h4-5H,3H2,1-2H3,(H2,14,18)(H,15,16,17). The Morgan fingerprint density at radius 2 is 2.20 bits per heavy atom. The van der Waals surface area contributed by atoms with Crippen LogP contribution in [0.1, 0.15) is 17.4 Å². The van der Waals surface area contributed by atoms with Gasteiger partial charge in [0.1, 0.15) is 5.69 Å². The molecule has 0 bridgehead atoms. The van der Waals surface area contributed by atoms with E-state index in [1.165, 1.54) is 0 Å². The lowest BCUT2D eigenvalue weighted by Gasteiger charge is -2.12. The molecular weight excluding hydrogens is 328 g/mol. The van der Waals surface area contributed by atoms with Gasteiger partial charge in [-0.25, -0.2) is 0 Å². The molecule has 0 saturated carbocycles. The van der Waals surface area contributed by atoms with E-state index >= 15 is 0 Å². The molecule has 0 fully saturated rings. The molecule has 0 aliphatic heterocycles. The summed E-state index contributed by atoms with van der Waals surface area (Å²) >= 11 is 3.40. The monoisotopic (exact) mass is 340 g/mol. The van der Waals surface area contributed by atoms with Crippen molar-refractivity contribution in [3.05, 3.63) is 22.3 Å². The van der Waals surface area contributed by atoms with Crippen LogP contribution in [0.2, 0.25) is 0 Å². The number of carbonyl (C=O) groups excluding carboxylic acids is 1. The number of nitrogens with two attached hydrogens (primary N) is 1. The molecule has 2 rings (SSSR count). The molecule has 1 heterocycles. The van der Waals surface area contributed by atoms with Gasteiger partial charge in [0.2, 0.25) is 0 Å². The lowest BCUT2D eigenvalue weighted by molar-refractivity contribution is 0.0996. The minimum Gasteiger partial charge on any atom is -0.492 e. The zero-order valence-corrected chi connectivity index (χ0v) is 12.5. The Hall–Kier alpha value is -2.09. The Balaban J connectivity index is 2.57. The molecule has 1 aromatic heterocycles. The molecule has 0 radical (unpaired) electrons. The van der Waals surface area contributed by atoms with E-state index in [0.29, 0.717) is 33.8 Å². The predicted octanol–water partition coefficient (Wildman–Crippen LogP) is 1.74. The Morgan fingerprint density at radius 3 is 2.80 bits per heavy atom. The van der Waals surface area contributed by atoms with Crippen molar-refractivity contribution < 1.29 is 14.3 Å². The SMILES string of the molecule is CCOc1cc(-c2n[nH]nc2C(N)=O)cc(Br)c1OC. The highest BCUT2D eigenvalue weighted by Crippen LogP contribution is 2.39. The fraction of sp³-hybridized carbons (Fsp3) is 0.250. The van der Waals surface area contributed by atoms with Gasteiger partial charge in [0.05, 0.1) is 18.2 Å². The number of nitrogens with zero attached hydrogens (tertiary/aromatic N) is 2. The zero-order chi connectivity index (χ0) is 14.7. The number of amides is 1. The average molecular weight is 341 g/mol. The molecule has 20 heavy (non-hydrogen) atoms. The van der Waals surface area contributed by atoms with Crippen molar-refractivity contribution in [1.29, 1.82) is 0 Å². The molecule has 0 spiro atoms. The number of hydrogen-bond acceptors (Lipinski definition) is 5. The Morgan fingerprint density at radius 1 is 1.45 bits per heavy atom.